The van der Waals surface area contributed by atoms with Crippen LogP contribution in [-0.4, -0.2) is 0 Å². The summed E-state index contributed by atoms with van der Waals surface area (Å²) in [6.07, 6.45) is 0. The molecule has 0 atom stereocenters. The van der Waals surface area contributed by atoms with Crippen LogP contribution >= 0.6 is 0 Å². The Kier molecular flexibility index (Phi) is 5.67. The third-order valence-electron chi connectivity index (χ3n) is 11.3. The van der Waals surface area contributed by atoms with Gasteiger partial charge in [-0.1, -0.05) is 125 Å². The van der Waals surface area contributed by atoms with Crippen molar-refractivity contribution in [3.63, 3.8) is 0 Å². The molecule has 0 unspecified atom stereocenters. The predicted molar refractivity (Wildman–Crippen MR) is 203 cm³/mol. The number of hydrogen-bond acceptors (Lipinski definition) is 1. The number of furan rings is 1. The standard InChI is InChI=1S/C48H34O/c1-47(2)41-17-8-5-12-35(41)39-27-29(20-22-43(39)47)31-24-32(30-21-23-44-40(28-30)36-13-6-9-18-42(36)48(44,3)4)26-33(25-31)34-15-11-16-38-37-14-7-10-19-45(37)49-46(34)38/h5-8,10-17,19-28H,1-4H3. The van der Waals surface area contributed by atoms with Gasteiger partial charge in [0.15, 0.2) is 0 Å². The molecule has 232 valence electrons. The number of benzene rings is 6. The van der Waals surface area contributed by atoms with Gasteiger partial charge in [0.25, 0.3) is 0 Å². The number of fused-ring (bicyclic) bond motifs is 9. The van der Waals surface area contributed by atoms with Crippen LogP contribution in [0.2, 0.25) is 0 Å². The lowest BCUT2D eigenvalue weighted by atomic mass is 9.82. The van der Waals surface area contributed by atoms with E-state index in [0.29, 0.717) is 0 Å². The SMILES string of the molecule is CC1(C)c2c#cccc2-c2cc(-c3cc(-c4ccc5c(c4)-c4ccccc4C5(C)C)cc(-c4cccc5c4oc4ccccc45)c3)ccc21. The minimum atomic E-state index is -0.112. The molecular weight excluding hydrogens is 593 g/mol. The zero-order valence-electron chi connectivity index (χ0n) is 28.1. The molecular formula is C48H34O. The Morgan fingerprint density at radius 2 is 1.06 bits per heavy atom. The van der Waals surface area contributed by atoms with Gasteiger partial charge in [0.05, 0.1) is 0 Å². The van der Waals surface area contributed by atoms with E-state index >= 15 is 0 Å². The van der Waals surface area contributed by atoms with Crippen molar-refractivity contribution in [2.45, 2.75) is 38.5 Å². The maximum Gasteiger partial charge on any atom is 0.143 e. The molecule has 0 aliphatic heterocycles. The molecule has 1 aromatic heterocycles. The van der Waals surface area contributed by atoms with Gasteiger partial charge in [-0.05, 0) is 115 Å². The zero-order valence-corrected chi connectivity index (χ0v) is 28.1. The summed E-state index contributed by atoms with van der Waals surface area (Å²) in [5.74, 6) is 0. The van der Waals surface area contributed by atoms with E-state index in [0.717, 1.165) is 33.1 Å². The third-order valence-corrected chi connectivity index (χ3v) is 11.3. The summed E-state index contributed by atoms with van der Waals surface area (Å²) >= 11 is 0. The molecule has 2 aliphatic rings. The van der Waals surface area contributed by atoms with Gasteiger partial charge in [-0.3, -0.25) is 0 Å². The summed E-state index contributed by atoms with van der Waals surface area (Å²) in [4.78, 5) is 0. The van der Waals surface area contributed by atoms with E-state index in [2.05, 4.69) is 161 Å². The normalized spacial score (nSPS) is 14.7. The van der Waals surface area contributed by atoms with E-state index in [1.165, 1.54) is 66.8 Å². The molecule has 0 fully saturated rings. The predicted octanol–water partition coefficient (Wildman–Crippen LogP) is 12.8. The van der Waals surface area contributed by atoms with Crippen molar-refractivity contribution in [3.05, 3.63) is 168 Å². The van der Waals surface area contributed by atoms with E-state index in [1.807, 2.05) is 12.1 Å². The smallest absolute Gasteiger partial charge is 0.143 e. The first kappa shape index (κ1) is 28.2. The first-order valence-corrected chi connectivity index (χ1v) is 17.2. The highest BCUT2D eigenvalue weighted by Gasteiger charge is 2.36. The Morgan fingerprint density at radius 1 is 0.449 bits per heavy atom. The molecule has 10 rings (SSSR count). The summed E-state index contributed by atoms with van der Waals surface area (Å²) in [7, 11) is 0. The Hall–Kier alpha value is -5.84. The van der Waals surface area contributed by atoms with E-state index in [-0.39, 0.29) is 10.8 Å². The van der Waals surface area contributed by atoms with Crippen LogP contribution in [0, 0.1) is 12.1 Å². The molecule has 8 aromatic rings. The van der Waals surface area contributed by atoms with E-state index in [9.17, 15) is 0 Å². The maximum absolute atomic E-state index is 6.57. The van der Waals surface area contributed by atoms with Crippen LogP contribution in [-0.2, 0) is 10.8 Å². The summed E-state index contributed by atoms with van der Waals surface area (Å²) in [6, 6.07) is 55.6. The number of hydrogen-bond donors (Lipinski definition) is 0. The van der Waals surface area contributed by atoms with Crippen molar-refractivity contribution in [2.75, 3.05) is 0 Å². The monoisotopic (exact) mass is 626 g/mol. The van der Waals surface area contributed by atoms with Gasteiger partial charge in [-0.2, -0.15) is 0 Å². The van der Waals surface area contributed by atoms with Crippen LogP contribution < -0.4 is 0 Å². The van der Waals surface area contributed by atoms with Crippen LogP contribution in [0.5, 0.6) is 0 Å². The largest absolute Gasteiger partial charge is 0.455 e. The van der Waals surface area contributed by atoms with Crippen LogP contribution in [0.15, 0.2) is 138 Å². The summed E-state index contributed by atoms with van der Waals surface area (Å²) in [5.41, 5.74) is 19.2. The van der Waals surface area contributed by atoms with Gasteiger partial charge in [0.1, 0.15) is 11.2 Å². The second kappa shape index (κ2) is 9.85. The molecule has 0 bridgehead atoms. The van der Waals surface area contributed by atoms with Crippen molar-refractivity contribution in [2.24, 2.45) is 0 Å². The molecule has 0 saturated carbocycles. The lowest BCUT2D eigenvalue weighted by Crippen LogP contribution is -2.14. The highest BCUT2D eigenvalue weighted by atomic mass is 16.3. The van der Waals surface area contributed by atoms with Gasteiger partial charge < -0.3 is 4.42 Å². The lowest BCUT2D eigenvalue weighted by Gasteiger charge is -2.21. The number of para-hydroxylation sites is 2. The van der Waals surface area contributed by atoms with E-state index in [4.69, 9.17) is 4.42 Å². The minimum Gasteiger partial charge on any atom is -0.455 e. The molecule has 1 nitrogen and oxygen atoms in total. The average molecular weight is 627 g/mol. The summed E-state index contributed by atoms with van der Waals surface area (Å²) in [5, 5.41) is 2.28. The average Bonchev–Trinajstić information content (AvgIpc) is 3.71. The van der Waals surface area contributed by atoms with Gasteiger partial charge in [-0.15, -0.1) is 0 Å². The number of rotatable bonds is 3. The van der Waals surface area contributed by atoms with Crippen LogP contribution in [0.25, 0.3) is 77.6 Å². The van der Waals surface area contributed by atoms with Crippen molar-refractivity contribution in [1.82, 2.24) is 0 Å². The van der Waals surface area contributed by atoms with Crippen molar-refractivity contribution in [3.8, 4) is 55.6 Å². The molecule has 7 aromatic carbocycles. The Labute approximate surface area is 287 Å². The molecule has 0 N–H and O–H groups in total. The Bertz CT molecular complexity index is 2540. The van der Waals surface area contributed by atoms with Crippen LogP contribution in [0.4, 0.5) is 0 Å². The molecule has 1 heteroatoms. The second-order valence-electron chi connectivity index (χ2n) is 14.8. The quantitative estimate of drug-likeness (QED) is 0.190. The lowest BCUT2D eigenvalue weighted by molar-refractivity contribution is 0.660. The molecule has 1 heterocycles. The first-order valence-electron chi connectivity index (χ1n) is 17.2. The first-order chi connectivity index (χ1) is 23.8. The van der Waals surface area contributed by atoms with Crippen LogP contribution in [0.3, 0.4) is 0 Å². The Morgan fingerprint density at radius 3 is 1.86 bits per heavy atom. The molecule has 49 heavy (non-hydrogen) atoms. The highest BCUT2D eigenvalue weighted by molar-refractivity contribution is 6.10. The fourth-order valence-corrected chi connectivity index (χ4v) is 8.72. The molecule has 2 aliphatic carbocycles. The van der Waals surface area contributed by atoms with Gasteiger partial charge >= 0.3 is 0 Å². The summed E-state index contributed by atoms with van der Waals surface area (Å²) in [6.45, 7) is 9.27. The molecule has 0 radical (unpaired) electrons. The van der Waals surface area contributed by atoms with Crippen LogP contribution in [0.1, 0.15) is 49.9 Å². The second-order valence-corrected chi connectivity index (χ2v) is 14.8. The van der Waals surface area contributed by atoms with E-state index < -0.39 is 0 Å². The summed E-state index contributed by atoms with van der Waals surface area (Å²) < 4.78 is 6.57. The van der Waals surface area contributed by atoms with E-state index in [1.54, 1.807) is 0 Å². The van der Waals surface area contributed by atoms with Crippen molar-refractivity contribution in [1.29, 1.82) is 0 Å². The highest BCUT2D eigenvalue weighted by Crippen LogP contribution is 2.51. The Balaban J connectivity index is 1.21. The fourth-order valence-electron chi connectivity index (χ4n) is 8.72. The maximum atomic E-state index is 6.57. The molecule has 0 spiro atoms. The topological polar surface area (TPSA) is 13.1 Å². The molecule has 0 saturated heterocycles. The third kappa shape index (κ3) is 3.95. The van der Waals surface area contributed by atoms with Crippen molar-refractivity contribution < 1.29 is 4.42 Å². The van der Waals surface area contributed by atoms with Gasteiger partial charge in [0.2, 0.25) is 0 Å². The zero-order chi connectivity index (χ0) is 33.1. The van der Waals surface area contributed by atoms with Crippen molar-refractivity contribution >= 4 is 21.9 Å². The van der Waals surface area contributed by atoms with Gasteiger partial charge in [-0.25, -0.2) is 0 Å². The van der Waals surface area contributed by atoms with Gasteiger partial charge in [0, 0.05) is 32.7 Å². The minimum absolute atomic E-state index is 0.0297. The molecule has 0 amide bonds. The fraction of sp³-hybridized carbons (Fsp3) is 0.125.